The summed E-state index contributed by atoms with van der Waals surface area (Å²) in [5.74, 6) is 1.29. The number of amides is 1. The molecule has 132 valence electrons. The van der Waals surface area contributed by atoms with Gasteiger partial charge in [-0.2, -0.15) is 0 Å². The number of carbonyl (C=O) groups excluding carboxylic acids is 1. The molecule has 0 aliphatic carbocycles. The zero-order chi connectivity index (χ0) is 18.0. The van der Waals surface area contributed by atoms with Gasteiger partial charge >= 0.3 is 0 Å². The predicted octanol–water partition coefficient (Wildman–Crippen LogP) is 2.38. The number of ether oxygens (including phenoxy) is 2. The first-order chi connectivity index (χ1) is 12.0. The van der Waals surface area contributed by atoms with Crippen LogP contribution in [0.2, 0.25) is 0 Å². The number of methoxy groups -OCH3 is 2. The Morgan fingerprint density at radius 3 is 2.64 bits per heavy atom. The number of nitrogens with zero attached hydrogens (tertiary/aromatic N) is 2. The third kappa shape index (κ3) is 3.24. The molecule has 2 heterocycles. The molecule has 1 aromatic heterocycles. The van der Waals surface area contributed by atoms with E-state index in [2.05, 4.69) is 0 Å². The molecular weight excluding hydrogens is 320 g/mol. The van der Waals surface area contributed by atoms with Gasteiger partial charge in [-0.15, -0.1) is 0 Å². The van der Waals surface area contributed by atoms with Crippen molar-refractivity contribution in [2.75, 3.05) is 20.8 Å². The van der Waals surface area contributed by atoms with Crippen LogP contribution in [0.3, 0.4) is 0 Å². The van der Waals surface area contributed by atoms with Crippen LogP contribution in [0.1, 0.15) is 34.8 Å². The van der Waals surface area contributed by atoms with Crippen molar-refractivity contribution >= 4 is 5.91 Å². The molecule has 3 rings (SSSR count). The smallest absolute Gasteiger partial charge is 0.254 e. The van der Waals surface area contributed by atoms with Gasteiger partial charge in [-0.3, -0.25) is 9.59 Å². The average molecular weight is 342 g/mol. The Labute approximate surface area is 146 Å². The van der Waals surface area contributed by atoms with Crippen LogP contribution in [0.5, 0.6) is 11.5 Å². The van der Waals surface area contributed by atoms with Crippen LogP contribution in [-0.4, -0.2) is 36.1 Å². The highest BCUT2D eigenvalue weighted by Gasteiger charge is 2.32. The lowest BCUT2D eigenvalue weighted by Crippen LogP contribution is -2.32. The summed E-state index contributed by atoms with van der Waals surface area (Å²) in [7, 11) is 4.88. The number of aromatic nitrogens is 1. The van der Waals surface area contributed by atoms with E-state index in [0.29, 0.717) is 23.6 Å². The normalized spacial score (nSPS) is 16.8. The summed E-state index contributed by atoms with van der Waals surface area (Å²) in [6, 6.07) is 8.65. The van der Waals surface area contributed by atoms with Gasteiger partial charge in [0.15, 0.2) is 0 Å². The highest BCUT2D eigenvalue weighted by atomic mass is 16.5. The minimum absolute atomic E-state index is 0.0718. The Bertz CT molecular complexity index is 844. The van der Waals surface area contributed by atoms with Gasteiger partial charge in [0.2, 0.25) is 0 Å². The van der Waals surface area contributed by atoms with Crippen molar-refractivity contribution in [1.29, 1.82) is 0 Å². The van der Waals surface area contributed by atoms with Crippen LogP contribution in [0, 0.1) is 0 Å². The van der Waals surface area contributed by atoms with Crippen LogP contribution in [0.15, 0.2) is 41.3 Å². The van der Waals surface area contributed by atoms with E-state index < -0.39 is 0 Å². The molecule has 1 aliphatic rings. The number of likely N-dealkylation sites (tertiary alicyclic amines) is 1. The summed E-state index contributed by atoms with van der Waals surface area (Å²) < 4.78 is 12.2. The van der Waals surface area contributed by atoms with Gasteiger partial charge in [0.25, 0.3) is 11.5 Å². The molecule has 1 saturated heterocycles. The predicted molar refractivity (Wildman–Crippen MR) is 94.2 cm³/mol. The van der Waals surface area contributed by atoms with Crippen LogP contribution in [0.4, 0.5) is 0 Å². The molecular formula is C19H22N2O4. The third-order valence-corrected chi connectivity index (χ3v) is 4.66. The summed E-state index contributed by atoms with van der Waals surface area (Å²) >= 11 is 0. The highest BCUT2D eigenvalue weighted by molar-refractivity contribution is 5.94. The van der Waals surface area contributed by atoms with Crippen LogP contribution in [-0.2, 0) is 7.05 Å². The molecule has 1 unspecified atom stereocenters. The quantitative estimate of drug-likeness (QED) is 0.856. The largest absolute Gasteiger partial charge is 0.497 e. The van der Waals surface area contributed by atoms with Crippen molar-refractivity contribution in [3.63, 3.8) is 0 Å². The first-order valence-corrected chi connectivity index (χ1v) is 8.24. The van der Waals surface area contributed by atoms with E-state index in [0.717, 1.165) is 18.4 Å². The number of rotatable bonds is 4. The molecule has 0 radical (unpaired) electrons. The maximum Gasteiger partial charge on any atom is 0.254 e. The van der Waals surface area contributed by atoms with Crippen molar-refractivity contribution < 1.29 is 14.3 Å². The average Bonchev–Trinajstić information content (AvgIpc) is 3.12. The molecule has 6 nitrogen and oxygen atoms in total. The van der Waals surface area contributed by atoms with E-state index >= 15 is 0 Å². The minimum Gasteiger partial charge on any atom is -0.497 e. The number of hydrogen-bond donors (Lipinski definition) is 0. The molecule has 2 aromatic rings. The van der Waals surface area contributed by atoms with Crippen molar-refractivity contribution in [3.05, 3.63) is 58.0 Å². The van der Waals surface area contributed by atoms with E-state index in [9.17, 15) is 9.59 Å². The van der Waals surface area contributed by atoms with Crippen LogP contribution >= 0.6 is 0 Å². The molecule has 0 saturated carbocycles. The fraction of sp³-hybridized carbons (Fsp3) is 0.368. The zero-order valence-electron chi connectivity index (χ0n) is 14.7. The summed E-state index contributed by atoms with van der Waals surface area (Å²) in [6.07, 6.45) is 3.39. The number of carbonyl (C=O) groups is 1. The molecule has 1 aliphatic heterocycles. The summed E-state index contributed by atoms with van der Waals surface area (Å²) in [4.78, 5) is 26.6. The summed E-state index contributed by atoms with van der Waals surface area (Å²) in [5.41, 5.74) is 1.18. The van der Waals surface area contributed by atoms with Crippen LogP contribution in [0.25, 0.3) is 0 Å². The van der Waals surface area contributed by atoms with Gasteiger partial charge in [0, 0.05) is 43.0 Å². The van der Waals surface area contributed by atoms with Gasteiger partial charge in [-0.25, -0.2) is 0 Å². The fourth-order valence-electron chi connectivity index (χ4n) is 3.27. The molecule has 0 spiro atoms. The molecule has 25 heavy (non-hydrogen) atoms. The summed E-state index contributed by atoms with van der Waals surface area (Å²) in [5, 5.41) is 0. The molecule has 0 bridgehead atoms. The SMILES string of the molecule is COc1ccc(C2CCCN2C(=O)c2ccn(C)c(=O)c2)c(OC)c1. The molecule has 6 heteroatoms. The van der Waals surface area contributed by atoms with Gasteiger partial charge < -0.3 is 18.9 Å². The second-order valence-electron chi connectivity index (χ2n) is 6.13. The van der Waals surface area contributed by atoms with E-state index in [-0.39, 0.29) is 17.5 Å². The number of aryl methyl sites for hydroxylation is 1. The first kappa shape index (κ1) is 17.1. The second-order valence-corrected chi connectivity index (χ2v) is 6.13. The Hall–Kier alpha value is -2.76. The molecule has 1 amide bonds. The van der Waals surface area contributed by atoms with Crippen molar-refractivity contribution in [1.82, 2.24) is 9.47 Å². The van der Waals surface area contributed by atoms with Crippen LogP contribution < -0.4 is 15.0 Å². The lowest BCUT2D eigenvalue weighted by molar-refractivity contribution is 0.0734. The third-order valence-electron chi connectivity index (χ3n) is 4.66. The van der Waals surface area contributed by atoms with E-state index in [1.165, 1.54) is 10.6 Å². The minimum atomic E-state index is -0.191. The van der Waals surface area contributed by atoms with Crippen molar-refractivity contribution in [3.8, 4) is 11.5 Å². The Morgan fingerprint density at radius 1 is 1.16 bits per heavy atom. The Morgan fingerprint density at radius 2 is 1.96 bits per heavy atom. The first-order valence-electron chi connectivity index (χ1n) is 8.24. The van der Waals surface area contributed by atoms with Crippen molar-refractivity contribution in [2.45, 2.75) is 18.9 Å². The lowest BCUT2D eigenvalue weighted by Gasteiger charge is -2.26. The Kier molecular flexibility index (Phi) is 4.79. The topological polar surface area (TPSA) is 60.8 Å². The van der Waals surface area contributed by atoms with Crippen molar-refractivity contribution in [2.24, 2.45) is 7.05 Å². The number of hydrogen-bond acceptors (Lipinski definition) is 4. The summed E-state index contributed by atoms with van der Waals surface area (Å²) in [6.45, 7) is 0.661. The monoisotopic (exact) mass is 342 g/mol. The van der Waals surface area contributed by atoms with Gasteiger partial charge in [-0.1, -0.05) is 0 Å². The number of pyridine rings is 1. The van der Waals surface area contributed by atoms with E-state index in [1.54, 1.807) is 33.5 Å². The molecule has 0 N–H and O–H groups in total. The lowest BCUT2D eigenvalue weighted by atomic mass is 10.0. The van der Waals surface area contributed by atoms with Gasteiger partial charge in [0.1, 0.15) is 11.5 Å². The standard InChI is InChI=1S/C19H22N2O4/c1-20-10-8-13(11-18(20)22)19(23)21-9-4-5-16(21)15-7-6-14(24-2)12-17(15)25-3/h6-8,10-12,16H,4-5,9H2,1-3H3. The molecule has 1 fully saturated rings. The Balaban J connectivity index is 1.93. The maximum absolute atomic E-state index is 12.9. The van der Waals surface area contributed by atoms with E-state index in [4.69, 9.17) is 9.47 Å². The fourth-order valence-corrected chi connectivity index (χ4v) is 3.27. The molecule has 1 atom stereocenters. The highest BCUT2D eigenvalue weighted by Crippen LogP contribution is 2.39. The van der Waals surface area contributed by atoms with Gasteiger partial charge in [0.05, 0.1) is 20.3 Å². The number of benzene rings is 1. The second kappa shape index (κ2) is 7.01. The maximum atomic E-state index is 12.9. The zero-order valence-corrected chi connectivity index (χ0v) is 14.7. The molecule has 1 aromatic carbocycles. The van der Waals surface area contributed by atoms with E-state index in [1.807, 2.05) is 23.1 Å². The van der Waals surface area contributed by atoms with Gasteiger partial charge in [-0.05, 0) is 31.0 Å².